The lowest BCUT2D eigenvalue weighted by atomic mass is 9.74. The fourth-order valence-corrected chi connectivity index (χ4v) is 9.99. The molecule has 0 radical (unpaired) electrons. The van der Waals surface area contributed by atoms with Crippen LogP contribution in [0.2, 0.25) is 0 Å². The number of rotatable bonds is 12. The van der Waals surface area contributed by atoms with Crippen LogP contribution in [0.25, 0.3) is 5.69 Å². The van der Waals surface area contributed by atoms with Crippen LogP contribution in [0.3, 0.4) is 0 Å². The maximum atomic E-state index is 14.4. The van der Waals surface area contributed by atoms with Crippen LogP contribution in [-0.2, 0) is 49.2 Å². The predicted octanol–water partition coefficient (Wildman–Crippen LogP) is 3.03. The van der Waals surface area contributed by atoms with Gasteiger partial charge in [-0.2, -0.15) is 0 Å². The van der Waals surface area contributed by atoms with Gasteiger partial charge in [-0.3, -0.25) is 14.6 Å². The zero-order chi connectivity index (χ0) is 47.5. The van der Waals surface area contributed by atoms with E-state index in [4.69, 9.17) is 33.2 Å². The van der Waals surface area contributed by atoms with Gasteiger partial charge in [0.2, 0.25) is 0 Å². The summed E-state index contributed by atoms with van der Waals surface area (Å²) in [6, 6.07) is 3.30. The third-order valence-electron chi connectivity index (χ3n) is 14.3. The van der Waals surface area contributed by atoms with E-state index in [1.54, 1.807) is 65.5 Å². The molecule has 362 valence electrons. The van der Waals surface area contributed by atoms with Gasteiger partial charge in [-0.1, -0.05) is 32.9 Å². The zero-order valence-electron chi connectivity index (χ0n) is 40.0. The van der Waals surface area contributed by atoms with Gasteiger partial charge in [-0.05, 0) is 80.0 Å². The van der Waals surface area contributed by atoms with E-state index in [1.165, 1.54) is 21.1 Å². The second kappa shape index (κ2) is 21.3. The predicted molar refractivity (Wildman–Crippen MR) is 233 cm³/mol. The average Bonchev–Trinajstić information content (AvgIpc) is 3.76. The molecule has 64 heavy (non-hydrogen) atoms. The number of hydrogen-bond donors (Lipinski definition) is 4. The number of Topliss-reactive ketones (excluding diaryl/α,β-unsaturated/α-hetero) is 1. The molecule has 2 aromatic rings. The number of methoxy groups -OCH3 is 2. The molecule has 3 saturated heterocycles. The Morgan fingerprint density at radius 3 is 2.25 bits per heavy atom. The van der Waals surface area contributed by atoms with E-state index in [1.807, 2.05) is 39.2 Å². The standard InChI is InChI=1S/C46H75N5O13/c1-14-34-46(10,57)39(54)27(4)36(52)25(2)21-45(9,59-13)41(28(5)38(29(6)42(56)62-34)63-35-22-44(8,58-12)40(55)30(7)61-35)64-43-37(53)33(20-26(3)60-43)50(11)19-17-31-24-51(49-48-31)32-16-15-18-47-23-32/h15-16,18,23-30,33-35,37-41,43,53-55,57H,14,17,19-22H2,1-13H3/t25-,26-,27+,28+,29-,30+,33+,34-,35+,37-,38+,39-,40+,41-,43+,44-,45-,46-/m1/s1. The summed E-state index contributed by atoms with van der Waals surface area (Å²) < 4.78 is 46.3. The molecule has 18 nitrogen and oxygen atoms in total. The Kier molecular flexibility index (Phi) is 17.3. The van der Waals surface area contributed by atoms with Gasteiger partial charge >= 0.3 is 5.97 Å². The number of cyclic esters (lactones) is 1. The van der Waals surface area contributed by atoms with Crippen LogP contribution in [0.1, 0.15) is 101 Å². The van der Waals surface area contributed by atoms with Crippen molar-refractivity contribution < 1.29 is 63.2 Å². The smallest absolute Gasteiger partial charge is 0.311 e. The first-order valence-electron chi connectivity index (χ1n) is 22.8. The highest BCUT2D eigenvalue weighted by atomic mass is 16.7. The van der Waals surface area contributed by atoms with Crippen molar-refractivity contribution in [3.05, 3.63) is 36.4 Å². The molecule has 3 fully saturated rings. The minimum absolute atomic E-state index is 0.0750. The Morgan fingerprint density at radius 1 is 0.938 bits per heavy atom. The number of carbonyl (C=O) groups is 2. The largest absolute Gasteiger partial charge is 0.459 e. The molecule has 0 bridgehead atoms. The summed E-state index contributed by atoms with van der Waals surface area (Å²) >= 11 is 0. The fourth-order valence-electron chi connectivity index (χ4n) is 9.99. The van der Waals surface area contributed by atoms with E-state index in [0.717, 1.165) is 11.4 Å². The SMILES string of the molecule is CC[C@H]1OC(=O)[C@H](C)[C@@H](O[C@H]2C[C@@](C)(OC)[C@@H](O)[C@H](C)O2)[C@H](C)[C@@H](O[C@@H]2O[C@H](C)C[C@H](N(C)CCc3cn(-c4cccnc4)nn3)[C@H]2O)[C@](C)(OC)C[C@@H](C)C(=O)[C@H](C)[C@@H](O)[C@]1(C)O. The van der Waals surface area contributed by atoms with Gasteiger partial charge in [-0.25, -0.2) is 4.68 Å². The second-order valence-electron chi connectivity index (χ2n) is 19.3. The maximum Gasteiger partial charge on any atom is 0.311 e. The molecule has 0 unspecified atom stereocenters. The topological polar surface area (TPSA) is 227 Å². The summed E-state index contributed by atoms with van der Waals surface area (Å²) in [6.45, 7) is 17.6. The van der Waals surface area contributed by atoms with Crippen LogP contribution in [0.15, 0.2) is 30.7 Å². The normalized spacial score (nSPS) is 42.0. The maximum absolute atomic E-state index is 14.4. The lowest BCUT2D eigenvalue weighted by molar-refractivity contribution is -0.319. The third kappa shape index (κ3) is 11.2. The van der Waals surface area contributed by atoms with Crippen molar-refractivity contribution in [2.75, 3.05) is 27.8 Å². The molecule has 0 spiro atoms. The van der Waals surface area contributed by atoms with Gasteiger partial charge in [0.1, 0.15) is 29.7 Å². The summed E-state index contributed by atoms with van der Waals surface area (Å²) in [5, 5.41) is 55.2. The van der Waals surface area contributed by atoms with Crippen LogP contribution in [0.5, 0.6) is 0 Å². The molecule has 5 heterocycles. The number of aromatic nitrogens is 4. The van der Waals surface area contributed by atoms with Crippen molar-refractivity contribution in [3.8, 4) is 5.69 Å². The van der Waals surface area contributed by atoms with Crippen LogP contribution in [0.4, 0.5) is 0 Å². The molecule has 3 aliphatic rings. The Bertz CT molecular complexity index is 1820. The average molecular weight is 906 g/mol. The highest BCUT2D eigenvalue weighted by Crippen LogP contribution is 2.42. The van der Waals surface area contributed by atoms with Crippen molar-refractivity contribution in [1.82, 2.24) is 24.9 Å². The summed E-state index contributed by atoms with van der Waals surface area (Å²) in [4.78, 5) is 34.8. The molecule has 5 rings (SSSR count). The lowest BCUT2D eigenvalue weighted by Gasteiger charge is -2.50. The van der Waals surface area contributed by atoms with Gasteiger partial charge in [0.15, 0.2) is 12.6 Å². The number of nitrogens with zero attached hydrogens (tertiary/aromatic N) is 5. The molecule has 3 aliphatic heterocycles. The minimum Gasteiger partial charge on any atom is -0.459 e. The Hall–Kier alpha value is -3.01. The third-order valence-corrected chi connectivity index (χ3v) is 14.3. The number of esters is 1. The molecular formula is C46H75N5O13. The molecule has 0 amide bonds. The van der Waals surface area contributed by atoms with E-state index in [9.17, 15) is 30.0 Å². The molecule has 18 atom stereocenters. The Labute approximate surface area is 378 Å². The summed E-state index contributed by atoms with van der Waals surface area (Å²) in [6.07, 6.45) is -3.65. The first kappa shape index (κ1) is 52.0. The number of ketones is 1. The van der Waals surface area contributed by atoms with Crippen molar-refractivity contribution in [2.24, 2.45) is 23.7 Å². The van der Waals surface area contributed by atoms with Gasteiger partial charge in [0.05, 0.1) is 71.4 Å². The molecule has 2 aromatic heterocycles. The zero-order valence-corrected chi connectivity index (χ0v) is 40.0. The van der Waals surface area contributed by atoms with Crippen LogP contribution in [-0.4, -0.2) is 169 Å². The minimum atomic E-state index is -1.99. The number of hydrogen-bond acceptors (Lipinski definition) is 17. The second-order valence-corrected chi connectivity index (χ2v) is 19.3. The molecule has 0 aliphatic carbocycles. The summed E-state index contributed by atoms with van der Waals surface area (Å²) in [5.41, 5.74) is -2.82. The van der Waals surface area contributed by atoms with Gasteiger partial charge in [0.25, 0.3) is 0 Å². The number of ether oxygens (including phenoxy) is 7. The van der Waals surface area contributed by atoms with Gasteiger partial charge < -0.3 is 58.5 Å². The van der Waals surface area contributed by atoms with Crippen molar-refractivity contribution >= 4 is 11.8 Å². The highest BCUT2D eigenvalue weighted by molar-refractivity contribution is 5.83. The number of aliphatic hydroxyl groups excluding tert-OH is 3. The fraction of sp³-hybridized carbons (Fsp3) is 0.804. The monoisotopic (exact) mass is 906 g/mol. The first-order chi connectivity index (χ1) is 30.0. The van der Waals surface area contributed by atoms with E-state index >= 15 is 0 Å². The number of aliphatic hydroxyl groups is 4. The van der Waals surface area contributed by atoms with E-state index in [0.29, 0.717) is 19.4 Å². The van der Waals surface area contributed by atoms with Crippen molar-refractivity contribution in [1.29, 1.82) is 0 Å². The van der Waals surface area contributed by atoms with Crippen molar-refractivity contribution in [3.63, 3.8) is 0 Å². The number of likely N-dealkylation sites (N-methyl/N-ethyl adjacent to an activating group) is 1. The van der Waals surface area contributed by atoms with Crippen LogP contribution < -0.4 is 0 Å². The van der Waals surface area contributed by atoms with Gasteiger partial charge in [-0.15, -0.1) is 5.10 Å². The molecule has 18 heteroatoms. The number of pyridine rings is 1. The Balaban J connectivity index is 1.51. The molecule has 4 N–H and O–H groups in total. The highest BCUT2D eigenvalue weighted by Gasteiger charge is 2.54. The summed E-state index contributed by atoms with van der Waals surface area (Å²) in [7, 11) is 4.93. The lowest BCUT2D eigenvalue weighted by Crippen LogP contribution is -2.61. The molecule has 0 aromatic carbocycles. The van der Waals surface area contributed by atoms with Crippen molar-refractivity contribution in [2.45, 2.75) is 186 Å². The van der Waals surface area contributed by atoms with E-state index in [-0.39, 0.29) is 31.1 Å². The van der Waals surface area contributed by atoms with E-state index < -0.39 is 108 Å². The Morgan fingerprint density at radius 2 is 1.62 bits per heavy atom. The van der Waals surface area contributed by atoms with Crippen LogP contribution >= 0.6 is 0 Å². The first-order valence-corrected chi connectivity index (χ1v) is 22.8. The quantitative estimate of drug-likeness (QED) is 0.225. The van der Waals surface area contributed by atoms with Gasteiger partial charge in [0, 0.05) is 63.6 Å². The van der Waals surface area contributed by atoms with E-state index in [2.05, 4.69) is 20.2 Å². The molecule has 0 saturated carbocycles. The van der Waals surface area contributed by atoms with Crippen LogP contribution in [0, 0.1) is 23.7 Å². The summed E-state index contributed by atoms with van der Waals surface area (Å²) in [5.74, 6) is -4.68. The number of carbonyl (C=O) groups excluding carboxylic acids is 2. The molecular weight excluding hydrogens is 831 g/mol.